The molecule has 0 radical (unpaired) electrons. The molecule has 0 spiro atoms. The third kappa shape index (κ3) is 3.67. The molecule has 7 heteroatoms. The van der Waals surface area contributed by atoms with Crippen molar-refractivity contribution in [2.24, 2.45) is 0 Å². The first-order valence-electron chi connectivity index (χ1n) is 6.91. The number of nitrogens with one attached hydrogen (secondary N) is 1. The first-order chi connectivity index (χ1) is 9.61. The van der Waals surface area contributed by atoms with Crippen LogP contribution in [0.5, 0.6) is 0 Å². The van der Waals surface area contributed by atoms with Gasteiger partial charge in [0.15, 0.2) is 0 Å². The molecule has 0 aliphatic rings. The van der Waals surface area contributed by atoms with E-state index in [4.69, 9.17) is 0 Å². The molecule has 2 aromatic heterocycles. The Morgan fingerprint density at radius 3 is 2.75 bits per heavy atom. The summed E-state index contributed by atoms with van der Waals surface area (Å²) in [5.74, 6) is 0. The summed E-state index contributed by atoms with van der Waals surface area (Å²) in [6.45, 7) is 9.56. The van der Waals surface area contributed by atoms with Gasteiger partial charge in [0.05, 0.1) is 29.0 Å². The molecule has 0 saturated carbocycles. The standard InChI is InChI=1S/C13H21BrN6/c1-4-5-15-8-12-9-19(18-16-12)6-7-20-11(3)13(14)10(2)17-20/h9,15H,4-8H2,1-3H3. The van der Waals surface area contributed by atoms with Crippen LogP contribution in [0.2, 0.25) is 0 Å². The molecule has 6 nitrogen and oxygen atoms in total. The number of hydrogen-bond acceptors (Lipinski definition) is 4. The molecule has 1 N–H and O–H groups in total. The predicted molar refractivity (Wildman–Crippen MR) is 81.4 cm³/mol. The summed E-state index contributed by atoms with van der Waals surface area (Å²) in [5.41, 5.74) is 3.14. The molecule has 0 amide bonds. The van der Waals surface area contributed by atoms with Gasteiger partial charge in [0.25, 0.3) is 0 Å². The van der Waals surface area contributed by atoms with Crippen molar-refractivity contribution in [1.82, 2.24) is 30.1 Å². The summed E-state index contributed by atoms with van der Waals surface area (Å²) in [4.78, 5) is 0. The second-order valence-electron chi connectivity index (χ2n) is 4.86. The fourth-order valence-corrected chi connectivity index (χ4v) is 2.30. The summed E-state index contributed by atoms with van der Waals surface area (Å²) >= 11 is 3.54. The van der Waals surface area contributed by atoms with Gasteiger partial charge in [-0.3, -0.25) is 9.36 Å². The molecule has 2 heterocycles. The van der Waals surface area contributed by atoms with E-state index in [0.29, 0.717) is 0 Å². The Kier molecular flexibility index (Phi) is 5.31. The van der Waals surface area contributed by atoms with Crippen molar-refractivity contribution in [2.45, 2.75) is 46.8 Å². The van der Waals surface area contributed by atoms with Gasteiger partial charge in [-0.25, -0.2) is 0 Å². The predicted octanol–water partition coefficient (Wildman–Crippen LogP) is 2.05. The maximum absolute atomic E-state index is 4.49. The quantitative estimate of drug-likeness (QED) is 0.783. The zero-order valence-corrected chi connectivity index (χ0v) is 13.8. The minimum Gasteiger partial charge on any atom is -0.311 e. The van der Waals surface area contributed by atoms with E-state index in [-0.39, 0.29) is 0 Å². The van der Waals surface area contributed by atoms with Gasteiger partial charge in [0, 0.05) is 18.4 Å². The zero-order chi connectivity index (χ0) is 14.5. The molecule has 110 valence electrons. The normalized spacial score (nSPS) is 11.2. The largest absolute Gasteiger partial charge is 0.311 e. The molecule has 0 bridgehead atoms. The average Bonchev–Trinajstić information content (AvgIpc) is 2.98. The maximum atomic E-state index is 4.49. The number of aryl methyl sites for hydroxylation is 3. The highest BCUT2D eigenvalue weighted by Crippen LogP contribution is 2.19. The molecule has 0 aromatic carbocycles. The molecule has 0 saturated heterocycles. The van der Waals surface area contributed by atoms with Crippen LogP contribution < -0.4 is 5.32 Å². The van der Waals surface area contributed by atoms with Crippen molar-refractivity contribution in [3.05, 3.63) is 27.8 Å². The Morgan fingerprint density at radius 1 is 1.30 bits per heavy atom. The van der Waals surface area contributed by atoms with Crippen molar-refractivity contribution >= 4 is 15.9 Å². The van der Waals surface area contributed by atoms with E-state index in [1.54, 1.807) is 0 Å². The van der Waals surface area contributed by atoms with Gasteiger partial charge in [-0.05, 0) is 42.7 Å². The highest BCUT2D eigenvalue weighted by Gasteiger charge is 2.08. The summed E-state index contributed by atoms with van der Waals surface area (Å²) < 4.78 is 4.95. The van der Waals surface area contributed by atoms with Crippen molar-refractivity contribution in [3.63, 3.8) is 0 Å². The Bertz CT molecular complexity index is 559. The molecule has 0 aliphatic carbocycles. The fourth-order valence-electron chi connectivity index (χ4n) is 2.01. The van der Waals surface area contributed by atoms with Crippen molar-refractivity contribution in [3.8, 4) is 0 Å². The second kappa shape index (κ2) is 6.99. The summed E-state index contributed by atoms with van der Waals surface area (Å²) in [5, 5.41) is 16.1. The van der Waals surface area contributed by atoms with Crippen LogP contribution in [-0.2, 0) is 19.6 Å². The smallest absolute Gasteiger partial charge is 0.0964 e. The number of aromatic nitrogens is 5. The average molecular weight is 341 g/mol. The zero-order valence-electron chi connectivity index (χ0n) is 12.2. The maximum Gasteiger partial charge on any atom is 0.0964 e. The lowest BCUT2D eigenvalue weighted by Gasteiger charge is -2.04. The lowest BCUT2D eigenvalue weighted by atomic mass is 10.4. The van der Waals surface area contributed by atoms with Crippen LogP contribution in [-0.4, -0.2) is 31.3 Å². The highest BCUT2D eigenvalue weighted by molar-refractivity contribution is 9.10. The van der Waals surface area contributed by atoms with E-state index in [1.807, 2.05) is 22.5 Å². The molecular weight excluding hydrogens is 320 g/mol. The molecular formula is C13H21BrN6. The van der Waals surface area contributed by atoms with Gasteiger partial charge in [-0.2, -0.15) is 5.10 Å². The number of hydrogen-bond donors (Lipinski definition) is 1. The van der Waals surface area contributed by atoms with Gasteiger partial charge in [-0.1, -0.05) is 12.1 Å². The van der Waals surface area contributed by atoms with Crippen molar-refractivity contribution in [2.75, 3.05) is 6.54 Å². The van der Waals surface area contributed by atoms with Gasteiger partial charge < -0.3 is 5.32 Å². The first kappa shape index (κ1) is 15.2. The Morgan fingerprint density at radius 2 is 2.10 bits per heavy atom. The van der Waals surface area contributed by atoms with Crippen LogP contribution in [0, 0.1) is 13.8 Å². The van der Waals surface area contributed by atoms with E-state index >= 15 is 0 Å². The highest BCUT2D eigenvalue weighted by atomic mass is 79.9. The van der Waals surface area contributed by atoms with E-state index in [1.165, 1.54) is 0 Å². The lowest BCUT2D eigenvalue weighted by molar-refractivity contribution is 0.481. The van der Waals surface area contributed by atoms with Crippen LogP contribution in [0.1, 0.15) is 30.4 Å². The van der Waals surface area contributed by atoms with Crippen LogP contribution in [0.25, 0.3) is 0 Å². The number of rotatable bonds is 7. The van der Waals surface area contributed by atoms with Gasteiger partial charge >= 0.3 is 0 Å². The topological polar surface area (TPSA) is 60.6 Å². The molecule has 0 fully saturated rings. The second-order valence-corrected chi connectivity index (χ2v) is 5.65. The molecule has 0 aliphatic heterocycles. The number of halogens is 1. The molecule has 0 unspecified atom stereocenters. The van der Waals surface area contributed by atoms with Crippen molar-refractivity contribution in [1.29, 1.82) is 0 Å². The van der Waals surface area contributed by atoms with Crippen LogP contribution in [0.4, 0.5) is 0 Å². The van der Waals surface area contributed by atoms with E-state index in [0.717, 1.165) is 54.2 Å². The fraction of sp³-hybridized carbons (Fsp3) is 0.615. The monoisotopic (exact) mass is 340 g/mol. The van der Waals surface area contributed by atoms with Gasteiger partial charge in [0.1, 0.15) is 0 Å². The molecule has 20 heavy (non-hydrogen) atoms. The summed E-state index contributed by atoms with van der Waals surface area (Å²) in [7, 11) is 0. The SMILES string of the molecule is CCCNCc1cn(CCn2nc(C)c(Br)c2C)nn1. The lowest BCUT2D eigenvalue weighted by Crippen LogP contribution is -2.14. The summed E-state index contributed by atoms with van der Waals surface area (Å²) in [6, 6.07) is 0. The number of nitrogens with zero attached hydrogens (tertiary/aromatic N) is 5. The van der Waals surface area contributed by atoms with Crippen LogP contribution >= 0.6 is 15.9 Å². The third-order valence-corrected chi connectivity index (χ3v) is 4.30. The van der Waals surface area contributed by atoms with E-state index in [2.05, 4.69) is 50.5 Å². The van der Waals surface area contributed by atoms with Crippen LogP contribution in [0.3, 0.4) is 0 Å². The van der Waals surface area contributed by atoms with Crippen LogP contribution in [0.15, 0.2) is 10.7 Å². The Hall–Kier alpha value is -1.21. The Balaban J connectivity index is 1.89. The van der Waals surface area contributed by atoms with E-state index < -0.39 is 0 Å². The van der Waals surface area contributed by atoms with Gasteiger partial charge in [-0.15, -0.1) is 5.10 Å². The van der Waals surface area contributed by atoms with Gasteiger partial charge in [0.2, 0.25) is 0 Å². The van der Waals surface area contributed by atoms with E-state index in [9.17, 15) is 0 Å². The summed E-state index contributed by atoms with van der Waals surface area (Å²) in [6.07, 6.45) is 3.12. The molecule has 0 atom stereocenters. The minimum absolute atomic E-state index is 0.773. The molecule has 2 aromatic rings. The minimum atomic E-state index is 0.773. The third-order valence-electron chi connectivity index (χ3n) is 3.15. The Labute approximate surface area is 127 Å². The molecule has 2 rings (SSSR count). The first-order valence-corrected chi connectivity index (χ1v) is 7.70. The van der Waals surface area contributed by atoms with Crippen molar-refractivity contribution < 1.29 is 0 Å².